The van der Waals surface area contributed by atoms with E-state index >= 15 is 0 Å². The molecule has 2 rings (SSSR count). The Labute approximate surface area is 127 Å². The summed E-state index contributed by atoms with van der Waals surface area (Å²) in [6.45, 7) is 4.23. The lowest BCUT2D eigenvalue weighted by Crippen LogP contribution is -2.27. The third kappa shape index (κ3) is 3.80. The zero-order chi connectivity index (χ0) is 14.7. The fourth-order valence-corrected chi connectivity index (χ4v) is 3.13. The molecule has 4 nitrogen and oxygen atoms in total. The summed E-state index contributed by atoms with van der Waals surface area (Å²) in [5.41, 5.74) is 1.96. The molecule has 1 aromatic rings. The quantitative estimate of drug-likeness (QED) is 0.840. The number of hydrogen-bond donors (Lipinski definition) is 2. The van der Waals surface area contributed by atoms with Crippen LogP contribution in [-0.4, -0.2) is 21.4 Å². The molecule has 20 heavy (non-hydrogen) atoms. The maximum absolute atomic E-state index is 11.9. The topological polar surface area (TPSA) is 58.2 Å². The predicted octanol–water partition coefficient (Wildman–Crippen LogP) is 2.66. The number of thioether (sulfide) groups is 1. The molecule has 6 heteroatoms. The van der Waals surface area contributed by atoms with E-state index in [0.717, 1.165) is 5.69 Å². The Kier molecular flexibility index (Phi) is 4.77. The molecule has 0 bridgehead atoms. The lowest BCUT2D eigenvalue weighted by Gasteiger charge is -2.09. The molecule has 1 saturated heterocycles. The SMILES string of the molecule is CC(C)c1ccc(NC(=O)C[C@H]2SC(=S)NC2=O)cc1. The van der Waals surface area contributed by atoms with E-state index in [-0.39, 0.29) is 18.2 Å². The summed E-state index contributed by atoms with van der Waals surface area (Å²) in [6.07, 6.45) is 0.128. The van der Waals surface area contributed by atoms with Crippen LogP contribution in [0.1, 0.15) is 31.7 Å². The monoisotopic (exact) mass is 308 g/mol. The number of hydrogen-bond acceptors (Lipinski definition) is 4. The molecule has 0 spiro atoms. The average Bonchev–Trinajstić information content (AvgIpc) is 2.68. The van der Waals surface area contributed by atoms with Crippen LogP contribution >= 0.6 is 24.0 Å². The van der Waals surface area contributed by atoms with Gasteiger partial charge in [0.15, 0.2) is 0 Å². The molecule has 0 unspecified atom stereocenters. The van der Waals surface area contributed by atoms with Gasteiger partial charge >= 0.3 is 0 Å². The molecule has 106 valence electrons. The van der Waals surface area contributed by atoms with Gasteiger partial charge in [-0.1, -0.05) is 50.0 Å². The first kappa shape index (κ1) is 15.0. The molecule has 0 aromatic heterocycles. The molecule has 1 aliphatic rings. The van der Waals surface area contributed by atoms with Crippen LogP contribution in [0.15, 0.2) is 24.3 Å². The minimum absolute atomic E-state index is 0.128. The smallest absolute Gasteiger partial charge is 0.239 e. The summed E-state index contributed by atoms with van der Waals surface area (Å²) < 4.78 is 0.439. The van der Waals surface area contributed by atoms with E-state index in [1.165, 1.54) is 17.3 Å². The first-order valence-corrected chi connectivity index (χ1v) is 7.66. The van der Waals surface area contributed by atoms with Crippen LogP contribution in [0.3, 0.4) is 0 Å². The van der Waals surface area contributed by atoms with Gasteiger partial charge in [-0.25, -0.2) is 0 Å². The van der Waals surface area contributed by atoms with Crippen LogP contribution in [-0.2, 0) is 9.59 Å². The van der Waals surface area contributed by atoms with Crippen LogP contribution in [0.5, 0.6) is 0 Å². The van der Waals surface area contributed by atoms with Gasteiger partial charge in [0.25, 0.3) is 0 Å². The highest BCUT2D eigenvalue weighted by Crippen LogP contribution is 2.23. The predicted molar refractivity (Wildman–Crippen MR) is 85.9 cm³/mol. The minimum Gasteiger partial charge on any atom is -0.326 e. The van der Waals surface area contributed by atoms with Gasteiger partial charge in [-0.3, -0.25) is 9.59 Å². The van der Waals surface area contributed by atoms with Crippen molar-refractivity contribution in [3.63, 3.8) is 0 Å². The number of anilines is 1. The van der Waals surface area contributed by atoms with E-state index in [9.17, 15) is 9.59 Å². The normalized spacial score (nSPS) is 18.2. The maximum atomic E-state index is 11.9. The van der Waals surface area contributed by atoms with E-state index in [1.54, 1.807) is 0 Å². The Morgan fingerprint density at radius 2 is 2.05 bits per heavy atom. The van der Waals surface area contributed by atoms with Crippen molar-refractivity contribution in [1.82, 2.24) is 5.32 Å². The van der Waals surface area contributed by atoms with Crippen LogP contribution < -0.4 is 10.6 Å². The first-order chi connectivity index (χ1) is 9.45. The molecule has 0 saturated carbocycles. The van der Waals surface area contributed by atoms with Gasteiger partial charge in [0.2, 0.25) is 11.8 Å². The number of nitrogens with one attached hydrogen (secondary N) is 2. The van der Waals surface area contributed by atoms with Gasteiger partial charge in [0.1, 0.15) is 4.32 Å². The number of thiocarbonyl (C=S) groups is 1. The van der Waals surface area contributed by atoms with Crippen molar-refractivity contribution >= 4 is 45.8 Å². The molecule has 1 heterocycles. The number of carbonyl (C=O) groups excluding carboxylic acids is 2. The maximum Gasteiger partial charge on any atom is 0.239 e. The number of carbonyl (C=O) groups is 2. The highest BCUT2D eigenvalue weighted by molar-refractivity contribution is 8.24. The van der Waals surface area contributed by atoms with Crippen LogP contribution in [0.4, 0.5) is 5.69 Å². The van der Waals surface area contributed by atoms with E-state index in [4.69, 9.17) is 12.2 Å². The minimum atomic E-state index is -0.419. The van der Waals surface area contributed by atoms with Gasteiger partial charge in [0.05, 0.1) is 5.25 Å². The second-order valence-corrected chi connectivity index (χ2v) is 6.79. The summed E-state index contributed by atoms with van der Waals surface area (Å²) >= 11 is 6.12. The molecular formula is C14H16N2O2S2. The second-order valence-electron chi connectivity index (χ2n) is 4.91. The summed E-state index contributed by atoms with van der Waals surface area (Å²) in [7, 11) is 0. The fourth-order valence-electron chi connectivity index (χ4n) is 1.86. The molecular weight excluding hydrogens is 292 g/mol. The Balaban J connectivity index is 1.91. The molecule has 2 amide bonds. The Hall–Kier alpha value is -1.40. The lowest BCUT2D eigenvalue weighted by molar-refractivity contribution is -0.122. The van der Waals surface area contributed by atoms with Crippen molar-refractivity contribution in [3.8, 4) is 0 Å². The number of benzene rings is 1. The third-order valence-corrected chi connectivity index (χ3v) is 4.37. The highest BCUT2D eigenvalue weighted by atomic mass is 32.2. The largest absolute Gasteiger partial charge is 0.326 e. The Bertz CT molecular complexity index is 541. The summed E-state index contributed by atoms with van der Waals surface area (Å²) in [6, 6.07) is 7.73. The third-order valence-electron chi connectivity index (χ3n) is 3.00. The van der Waals surface area contributed by atoms with E-state index < -0.39 is 5.25 Å². The van der Waals surface area contributed by atoms with E-state index in [0.29, 0.717) is 10.2 Å². The van der Waals surface area contributed by atoms with Crippen molar-refractivity contribution < 1.29 is 9.59 Å². The first-order valence-electron chi connectivity index (χ1n) is 6.37. The molecule has 1 atom stereocenters. The molecule has 2 N–H and O–H groups in total. The zero-order valence-electron chi connectivity index (χ0n) is 11.3. The van der Waals surface area contributed by atoms with Crippen LogP contribution in [0, 0.1) is 0 Å². The van der Waals surface area contributed by atoms with Crippen molar-refractivity contribution in [2.24, 2.45) is 0 Å². The van der Waals surface area contributed by atoms with Gasteiger partial charge < -0.3 is 10.6 Å². The van der Waals surface area contributed by atoms with Gasteiger partial charge in [-0.05, 0) is 23.6 Å². The standard InChI is InChI=1S/C14H16N2O2S2/c1-8(2)9-3-5-10(6-4-9)15-12(17)7-11-13(18)16-14(19)20-11/h3-6,8,11H,7H2,1-2H3,(H,15,17)(H,16,18,19)/t11-/m1/s1. The fraction of sp³-hybridized carbons (Fsp3) is 0.357. The second kappa shape index (κ2) is 6.37. The summed E-state index contributed by atoms with van der Waals surface area (Å²) in [5.74, 6) is 0.0873. The van der Waals surface area contributed by atoms with Crippen LogP contribution in [0.25, 0.3) is 0 Å². The van der Waals surface area contributed by atoms with Crippen molar-refractivity contribution in [2.75, 3.05) is 5.32 Å². The molecule has 1 aliphatic heterocycles. The molecule has 0 radical (unpaired) electrons. The summed E-state index contributed by atoms with van der Waals surface area (Å²) in [5, 5.41) is 4.91. The van der Waals surface area contributed by atoms with E-state index in [2.05, 4.69) is 24.5 Å². The highest BCUT2D eigenvalue weighted by Gasteiger charge is 2.30. The van der Waals surface area contributed by atoms with Gasteiger partial charge in [-0.2, -0.15) is 0 Å². The molecule has 0 aliphatic carbocycles. The zero-order valence-corrected chi connectivity index (χ0v) is 12.9. The number of amides is 2. The number of rotatable bonds is 4. The summed E-state index contributed by atoms with van der Waals surface area (Å²) in [4.78, 5) is 23.4. The van der Waals surface area contributed by atoms with Gasteiger partial charge in [-0.15, -0.1) is 0 Å². The van der Waals surface area contributed by atoms with Crippen molar-refractivity contribution in [3.05, 3.63) is 29.8 Å². The van der Waals surface area contributed by atoms with E-state index in [1.807, 2.05) is 24.3 Å². The molecule has 1 fully saturated rings. The average molecular weight is 308 g/mol. The Morgan fingerprint density at radius 1 is 1.40 bits per heavy atom. The molecule has 1 aromatic carbocycles. The lowest BCUT2D eigenvalue weighted by atomic mass is 10.0. The van der Waals surface area contributed by atoms with Crippen molar-refractivity contribution in [1.29, 1.82) is 0 Å². The Morgan fingerprint density at radius 3 is 2.55 bits per heavy atom. The van der Waals surface area contributed by atoms with Gasteiger partial charge in [0, 0.05) is 12.1 Å². The van der Waals surface area contributed by atoms with Crippen molar-refractivity contribution in [2.45, 2.75) is 31.4 Å². The van der Waals surface area contributed by atoms with Crippen LogP contribution in [0.2, 0.25) is 0 Å².